The van der Waals surface area contributed by atoms with E-state index in [0.717, 1.165) is 11.1 Å². The maximum atomic E-state index is 13.2. The van der Waals surface area contributed by atoms with Crippen molar-refractivity contribution in [2.24, 2.45) is 0 Å². The Morgan fingerprint density at radius 2 is 2.00 bits per heavy atom. The molecule has 168 valence electrons. The number of benzene rings is 2. The first-order chi connectivity index (χ1) is 15.1. The van der Waals surface area contributed by atoms with Gasteiger partial charge in [-0.25, -0.2) is 0 Å². The van der Waals surface area contributed by atoms with Crippen molar-refractivity contribution in [1.82, 2.24) is 0 Å². The monoisotopic (exact) mass is 436 g/mol. The normalized spacial score (nSPS) is 18.2. The second kappa shape index (κ2) is 7.93. The lowest BCUT2D eigenvalue weighted by Gasteiger charge is -2.34. The number of ketones is 1. The molecule has 2 aliphatic rings. The summed E-state index contributed by atoms with van der Waals surface area (Å²) in [5.74, 6) is 0.866. The van der Waals surface area contributed by atoms with E-state index in [2.05, 4.69) is 0 Å². The van der Waals surface area contributed by atoms with E-state index in [1.54, 1.807) is 12.1 Å². The number of phenolic OH excluding ortho intramolecular Hbond substituents is 2. The number of methoxy groups -OCH3 is 1. The third-order valence-electron chi connectivity index (χ3n) is 5.73. The highest BCUT2D eigenvalue weighted by Crippen LogP contribution is 2.51. The lowest BCUT2D eigenvalue weighted by molar-refractivity contribution is 0.0839. The van der Waals surface area contributed by atoms with Crippen molar-refractivity contribution in [3.05, 3.63) is 58.2 Å². The summed E-state index contributed by atoms with van der Waals surface area (Å²) in [6, 6.07) is 4.88. The van der Waals surface area contributed by atoms with Gasteiger partial charge in [0, 0.05) is 5.56 Å². The van der Waals surface area contributed by atoms with Crippen molar-refractivity contribution in [2.75, 3.05) is 7.11 Å². The first kappa shape index (κ1) is 21.8. The van der Waals surface area contributed by atoms with Crippen molar-refractivity contribution in [1.29, 1.82) is 0 Å². The van der Waals surface area contributed by atoms with Crippen LogP contribution >= 0.6 is 0 Å². The molecular weight excluding hydrogens is 408 g/mol. The fourth-order valence-corrected chi connectivity index (χ4v) is 4.03. The zero-order valence-corrected chi connectivity index (χ0v) is 19.0. The fraction of sp³-hybridized carbons (Fsp3) is 0.346. The number of Topliss-reactive ketones (excluding diaryl/α,β-unsaturated/α-hetero) is 1. The van der Waals surface area contributed by atoms with Gasteiger partial charge in [-0.15, -0.1) is 0 Å². The van der Waals surface area contributed by atoms with Crippen molar-refractivity contribution in [3.63, 3.8) is 0 Å². The smallest absolute Gasteiger partial charge is 0.174 e. The molecule has 0 saturated heterocycles. The molecule has 6 heteroatoms. The van der Waals surface area contributed by atoms with Crippen LogP contribution in [0.1, 0.15) is 67.3 Å². The lowest BCUT2D eigenvalue weighted by Crippen LogP contribution is -2.29. The molecule has 0 bridgehead atoms. The highest BCUT2D eigenvalue weighted by molar-refractivity contribution is 6.05. The quantitative estimate of drug-likeness (QED) is 0.615. The largest absolute Gasteiger partial charge is 0.506 e. The van der Waals surface area contributed by atoms with Crippen molar-refractivity contribution in [2.45, 2.75) is 52.2 Å². The van der Waals surface area contributed by atoms with Crippen LogP contribution in [0, 0.1) is 0 Å². The van der Waals surface area contributed by atoms with Crippen LogP contribution < -0.4 is 14.2 Å². The first-order valence-corrected chi connectivity index (χ1v) is 10.6. The van der Waals surface area contributed by atoms with Crippen LogP contribution in [0.25, 0.3) is 6.08 Å². The SMILES string of the molecule is COc1cc(C2CC(=O)c3c(O)c4c(c(CC=C(C)C)c3O2)OC(C)(C)C=C4)ccc1O. The summed E-state index contributed by atoms with van der Waals surface area (Å²) in [4.78, 5) is 13.2. The summed E-state index contributed by atoms with van der Waals surface area (Å²) in [5, 5.41) is 20.9. The average Bonchev–Trinajstić information content (AvgIpc) is 2.72. The zero-order valence-electron chi connectivity index (χ0n) is 19.0. The number of phenols is 2. The van der Waals surface area contributed by atoms with Crippen LogP contribution in [-0.2, 0) is 6.42 Å². The standard InChI is InChI=1S/C26H28O6/c1-14(2)6-8-17-24-16(10-11-26(3,4)32-24)23(29)22-19(28)13-20(31-25(17)22)15-7-9-18(27)21(12-15)30-5/h6-7,9-12,20,27,29H,8,13H2,1-5H3. The molecular formula is C26H28O6. The number of hydrogen-bond donors (Lipinski definition) is 2. The Morgan fingerprint density at radius 1 is 1.25 bits per heavy atom. The van der Waals surface area contributed by atoms with E-state index in [9.17, 15) is 15.0 Å². The number of allylic oxidation sites excluding steroid dienone is 2. The number of aromatic hydroxyl groups is 2. The summed E-state index contributed by atoms with van der Waals surface area (Å²) < 4.78 is 17.8. The van der Waals surface area contributed by atoms with Crippen molar-refractivity contribution in [3.8, 4) is 28.7 Å². The zero-order chi connectivity index (χ0) is 23.2. The fourth-order valence-electron chi connectivity index (χ4n) is 4.03. The summed E-state index contributed by atoms with van der Waals surface area (Å²) >= 11 is 0. The summed E-state index contributed by atoms with van der Waals surface area (Å²) in [6.45, 7) is 7.87. The van der Waals surface area contributed by atoms with E-state index in [1.807, 2.05) is 45.9 Å². The molecule has 2 N–H and O–H groups in total. The van der Waals surface area contributed by atoms with Crippen LogP contribution in [0.4, 0.5) is 0 Å². The van der Waals surface area contributed by atoms with Gasteiger partial charge in [0.25, 0.3) is 0 Å². The Bertz CT molecular complexity index is 1150. The van der Waals surface area contributed by atoms with Gasteiger partial charge in [0.1, 0.15) is 34.5 Å². The molecule has 0 aliphatic carbocycles. The third-order valence-corrected chi connectivity index (χ3v) is 5.73. The van der Waals surface area contributed by atoms with E-state index in [0.29, 0.717) is 34.8 Å². The number of rotatable bonds is 4. The van der Waals surface area contributed by atoms with E-state index < -0.39 is 11.7 Å². The molecule has 2 aromatic rings. The Balaban J connectivity index is 1.88. The van der Waals surface area contributed by atoms with Crippen molar-refractivity contribution < 1.29 is 29.2 Å². The predicted octanol–water partition coefficient (Wildman–Crippen LogP) is 5.51. The number of carbonyl (C=O) groups excluding carboxylic acids is 1. The Labute approximate surface area is 187 Å². The van der Waals surface area contributed by atoms with E-state index >= 15 is 0 Å². The molecule has 2 aliphatic heterocycles. The second-order valence-corrected chi connectivity index (χ2v) is 8.96. The van der Waals surface area contributed by atoms with E-state index in [-0.39, 0.29) is 29.3 Å². The van der Waals surface area contributed by atoms with Crippen LogP contribution in [0.5, 0.6) is 28.7 Å². The topological polar surface area (TPSA) is 85.2 Å². The van der Waals surface area contributed by atoms with Gasteiger partial charge in [0.05, 0.1) is 19.1 Å². The molecule has 32 heavy (non-hydrogen) atoms. The maximum Gasteiger partial charge on any atom is 0.174 e. The van der Waals surface area contributed by atoms with Crippen LogP contribution in [0.2, 0.25) is 0 Å². The van der Waals surface area contributed by atoms with Crippen LogP contribution in [0.3, 0.4) is 0 Å². The molecule has 1 atom stereocenters. The molecule has 0 amide bonds. The predicted molar refractivity (Wildman–Crippen MR) is 122 cm³/mol. The molecule has 6 nitrogen and oxygen atoms in total. The van der Waals surface area contributed by atoms with E-state index in [1.165, 1.54) is 13.2 Å². The minimum absolute atomic E-state index is 0.0113. The van der Waals surface area contributed by atoms with Crippen molar-refractivity contribution >= 4 is 11.9 Å². The Hall–Kier alpha value is -3.41. The highest BCUT2D eigenvalue weighted by atomic mass is 16.5. The molecule has 4 rings (SSSR count). The van der Waals surface area contributed by atoms with Gasteiger partial charge >= 0.3 is 0 Å². The Morgan fingerprint density at radius 3 is 2.69 bits per heavy atom. The summed E-state index contributed by atoms with van der Waals surface area (Å²) in [7, 11) is 1.47. The van der Waals surface area contributed by atoms with Gasteiger partial charge in [-0.05, 0) is 64.0 Å². The Kier molecular flexibility index (Phi) is 5.41. The molecule has 1 unspecified atom stereocenters. The number of hydrogen-bond acceptors (Lipinski definition) is 6. The molecule has 0 spiro atoms. The van der Waals surface area contributed by atoms with Gasteiger partial charge in [-0.2, -0.15) is 0 Å². The number of fused-ring (bicyclic) bond motifs is 2. The highest BCUT2D eigenvalue weighted by Gasteiger charge is 2.38. The van der Waals surface area contributed by atoms with Gasteiger partial charge in [0.15, 0.2) is 17.3 Å². The van der Waals surface area contributed by atoms with E-state index in [4.69, 9.17) is 14.2 Å². The molecule has 2 aromatic carbocycles. The molecule has 0 aromatic heterocycles. The lowest BCUT2D eigenvalue weighted by atomic mass is 9.88. The van der Waals surface area contributed by atoms with Crippen LogP contribution in [0.15, 0.2) is 35.9 Å². The molecule has 2 heterocycles. The number of carbonyl (C=O) groups is 1. The molecule has 0 saturated carbocycles. The summed E-state index contributed by atoms with van der Waals surface area (Å²) in [6.07, 6.45) is 5.69. The number of ether oxygens (including phenoxy) is 3. The van der Waals surface area contributed by atoms with Gasteiger partial charge < -0.3 is 24.4 Å². The molecule has 0 radical (unpaired) electrons. The minimum atomic E-state index is -0.584. The average molecular weight is 437 g/mol. The van der Waals surface area contributed by atoms with Gasteiger partial charge in [-0.1, -0.05) is 17.7 Å². The third kappa shape index (κ3) is 3.81. The summed E-state index contributed by atoms with van der Waals surface area (Å²) in [5.41, 5.74) is 2.68. The van der Waals surface area contributed by atoms with Gasteiger partial charge in [0.2, 0.25) is 0 Å². The minimum Gasteiger partial charge on any atom is -0.506 e. The maximum absolute atomic E-state index is 13.2. The van der Waals surface area contributed by atoms with Crippen LogP contribution in [-0.4, -0.2) is 28.7 Å². The molecule has 0 fully saturated rings. The first-order valence-electron chi connectivity index (χ1n) is 10.6. The van der Waals surface area contributed by atoms with Gasteiger partial charge in [-0.3, -0.25) is 4.79 Å². The second-order valence-electron chi connectivity index (χ2n) is 8.96.